The zero-order valence-corrected chi connectivity index (χ0v) is 17.3. The lowest BCUT2D eigenvalue weighted by atomic mass is 9.98. The van der Waals surface area contributed by atoms with Crippen LogP contribution in [-0.2, 0) is 14.8 Å². The van der Waals surface area contributed by atoms with Gasteiger partial charge in [0, 0.05) is 30.7 Å². The fourth-order valence-electron chi connectivity index (χ4n) is 3.15. The van der Waals surface area contributed by atoms with Crippen LogP contribution in [0, 0.1) is 5.92 Å². The van der Waals surface area contributed by atoms with Crippen molar-refractivity contribution in [3.63, 3.8) is 0 Å². The standard InChI is InChI=1S/C17H25BrN2O4S/c1-4-19(5-2)17(21)13-7-6-10-20(12-13)25(22,23)16-11-14(18)8-9-15(16)24-3/h8-9,11,13H,4-7,10,12H2,1-3H3. The Morgan fingerprint density at radius 3 is 2.64 bits per heavy atom. The van der Waals surface area contributed by atoms with Gasteiger partial charge in [-0.2, -0.15) is 4.31 Å². The van der Waals surface area contributed by atoms with Crippen molar-refractivity contribution < 1.29 is 17.9 Å². The minimum atomic E-state index is -3.73. The molecule has 0 spiro atoms. The van der Waals surface area contributed by atoms with Crippen LogP contribution in [0.1, 0.15) is 26.7 Å². The molecule has 1 heterocycles. The minimum Gasteiger partial charge on any atom is -0.495 e. The number of hydrogen-bond donors (Lipinski definition) is 0. The fourth-order valence-corrected chi connectivity index (χ4v) is 5.36. The molecule has 6 nitrogen and oxygen atoms in total. The smallest absolute Gasteiger partial charge is 0.246 e. The summed E-state index contributed by atoms with van der Waals surface area (Å²) in [6.07, 6.45) is 1.39. The summed E-state index contributed by atoms with van der Waals surface area (Å²) in [6, 6.07) is 4.91. The van der Waals surface area contributed by atoms with E-state index in [4.69, 9.17) is 4.74 Å². The van der Waals surface area contributed by atoms with Gasteiger partial charge in [0.25, 0.3) is 0 Å². The second kappa shape index (κ2) is 8.51. The number of halogens is 1. The fraction of sp³-hybridized carbons (Fsp3) is 0.588. The zero-order valence-electron chi connectivity index (χ0n) is 14.9. The third-order valence-electron chi connectivity index (χ3n) is 4.55. The monoisotopic (exact) mass is 432 g/mol. The van der Waals surface area contributed by atoms with E-state index in [0.717, 1.165) is 6.42 Å². The SMILES string of the molecule is CCN(CC)C(=O)C1CCCN(S(=O)(=O)c2cc(Br)ccc2OC)C1. The first-order chi connectivity index (χ1) is 11.8. The number of ether oxygens (including phenoxy) is 1. The first kappa shape index (κ1) is 20.2. The van der Waals surface area contributed by atoms with Crippen molar-refractivity contribution in [2.75, 3.05) is 33.3 Å². The van der Waals surface area contributed by atoms with Gasteiger partial charge in [0.2, 0.25) is 15.9 Å². The van der Waals surface area contributed by atoms with Crippen LogP contribution in [0.5, 0.6) is 5.75 Å². The first-order valence-corrected chi connectivity index (χ1v) is 10.7. The Hall–Kier alpha value is -1.12. The van der Waals surface area contributed by atoms with Gasteiger partial charge in [-0.15, -0.1) is 0 Å². The maximum Gasteiger partial charge on any atom is 0.246 e. The second-order valence-electron chi connectivity index (χ2n) is 6.01. The van der Waals surface area contributed by atoms with Crippen molar-refractivity contribution in [3.05, 3.63) is 22.7 Å². The molecule has 1 unspecified atom stereocenters. The molecule has 1 fully saturated rings. The van der Waals surface area contributed by atoms with E-state index in [1.54, 1.807) is 23.1 Å². The van der Waals surface area contributed by atoms with Crippen molar-refractivity contribution in [1.82, 2.24) is 9.21 Å². The van der Waals surface area contributed by atoms with Gasteiger partial charge in [-0.25, -0.2) is 8.42 Å². The Morgan fingerprint density at radius 1 is 1.36 bits per heavy atom. The summed E-state index contributed by atoms with van der Waals surface area (Å²) in [5.74, 6) is 0.0491. The van der Waals surface area contributed by atoms with Crippen LogP contribution in [0.3, 0.4) is 0 Å². The number of carbonyl (C=O) groups is 1. The first-order valence-electron chi connectivity index (χ1n) is 8.47. The Balaban J connectivity index is 2.28. The highest BCUT2D eigenvalue weighted by Gasteiger charge is 2.35. The van der Waals surface area contributed by atoms with E-state index in [0.29, 0.717) is 36.3 Å². The van der Waals surface area contributed by atoms with Crippen LogP contribution < -0.4 is 4.74 Å². The van der Waals surface area contributed by atoms with Gasteiger partial charge >= 0.3 is 0 Å². The van der Waals surface area contributed by atoms with Gasteiger partial charge in [-0.05, 0) is 44.9 Å². The summed E-state index contributed by atoms with van der Waals surface area (Å²) in [4.78, 5) is 14.5. The molecule has 0 saturated carbocycles. The predicted octanol–water partition coefficient (Wildman–Crippen LogP) is 2.73. The summed E-state index contributed by atoms with van der Waals surface area (Å²) in [5.41, 5.74) is 0. The number of benzene rings is 1. The zero-order chi connectivity index (χ0) is 18.6. The molecule has 1 amide bonds. The molecule has 1 atom stereocenters. The molecule has 140 valence electrons. The Morgan fingerprint density at radius 2 is 2.04 bits per heavy atom. The van der Waals surface area contributed by atoms with Crippen LogP contribution >= 0.6 is 15.9 Å². The normalized spacial score (nSPS) is 18.8. The van der Waals surface area contributed by atoms with E-state index in [1.807, 2.05) is 13.8 Å². The highest BCUT2D eigenvalue weighted by Crippen LogP contribution is 2.32. The molecule has 0 bridgehead atoms. The molecule has 1 saturated heterocycles. The lowest BCUT2D eigenvalue weighted by Gasteiger charge is -2.34. The third-order valence-corrected chi connectivity index (χ3v) is 6.93. The predicted molar refractivity (Wildman–Crippen MR) is 100 cm³/mol. The number of rotatable bonds is 6. The molecule has 25 heavy (non-hydrogen) atoms. The average Bonchev–Trinajstić information content (AvgIpc) is 2.62. The van der Waals surface area contributed by atoms with Crippen molar-refractivity contribution in [1.29, 1.82) is 0 Å². The third kappa shape index (κ3) is 4.35. The number of hydrogen-bond acceptors (Lipinski definition) is 4. The molecule has 0 radical (unpaired) electrons. The Bertz CT molecular complexity index is 719. The number of amides is 1. The van der Waals surface area contributed by atoms with Crippen LogP contribution in [0.15, 0.2) is 27.6 Å². The maximum absolute atomic E-state index is 13.1. The second-order valence-corrected chi connectivity index (χ2v) is 8.83. The molecule has 1 aliphatic rings. The van der Waals surface area contributed by atoms with Gasteiger partial charge < -0.3 is 9.64 Å². The molecule has 0 N–H and O–H groups in total. The van der Waals surface area contributed by atoms with Gasteiger partial charge in [0.1, 0.15) is 10.6 Å². The Labute approximate surface area is 158 Å². The highest BCUT2D eigenvalue weighted by molar-refractivity contribution is 9.10. The Kier molecular flexibility index (Phi) is 6.87. The van der Waals surface area contributed by atoms with E-state index in [9.17, 15) is 13.2 Å². The van der Waals surface area contributed by atoms with Gasteiger partial charge in [0.05, 0.1) is 13.0 Å². The lowest BCUT2D eigenvalue weighted by Crippen LogP contribution is -2.46. The number of sulfonamides is 1. The molecule has 0 aliphatic carbocycles. The number of carbonyl (C=O) groups excluding carboxylic acids is 1. The summed E-state index contributed by atoms with van der Waals surface area (Å²) in [5, 5.41) is 0. The molecule has 1 aromatic carbocycles. The average molecular weight is 433 g/mol. The quantitative estimate of drug-likeness (QED) is 0.692. The summed E-state index contributed by atoms with van der Waals surface area (Å²) < 4.78 is 33.5. The molecule has 2 rings (SSSR count). The van der Waals surface area contributed by atoms with E-state index in [-0.39, 0.29) is 23.3 Å². The summed E-state index contributed by atoms with van der Waals surface area (Å²) in [6.45, 7) is 5.78. The molecule has 0 aromatic heterocycles. The van der Waals surface area contributed by atoms with Crippen LogP contribution in [0.2, 0.25) is 0 Å². The van der Waals surface area contributed by atoms with E-state index in [2.05, 4.69) is 15.9 Å². The van der Waals surface area contributed by atoms with Gasteiger partial charge in [-0.3, -0.25) is 4.79 Å². The van der Waals surface area contributed by atoms with Gasteiger partial charge in [-0.1, -0.05) is 15.9 Å². The van der Waals surface area contributed by atoms with Crippen molar-refractivity contribution >= 4 is 31.9 Å². The summed E-state index contributed by atoms with van der Waals surface area (Å²) >= 11 is 3.32. The number of piperidine rings is 1. The van der Waals surface area contributed by atoms with E-state index in [1.165, 1.54) is 11.4 Å². The molecular weight excluding hydrogens is 408 g/mol. The molecule has 1 aromatic rings. The van der Waals surface area contributed by atoms with E-state index < -0.39 is 10.0 Å². The molecular formula is C17H25BrN2O4S. The van der Waals surface area contributed by atoms with Crippen LogP contribution in [0.25, 0.3) is 0 Å². The van der Waals surface area contributed by atoms with Crippen molar-refractivity contribution in [3.8, 4) is 5.75 Å². The highest BCUT2D eigenvalue weighted by atomic mass is 79.9. The van der Waals surface area contributed by atoms with Crippen molar-refractivity contribution in [2.45, 2.75) is 31.6 Å². The van der Waals surface area contributed by atoms with Crippen LogP contribution in [0.4, 0.5) is 0 Å². The topological polar surface area (TPSA) is 66.9 Å². The minimum absolute atomic E-state index is 0.0334. The van der Waals surface area contributed by atoms with Crippen LogP contribution in [-0.4, -0.2) is 56.8 Å². The number of methoxy groups -OCH3 is 1. The summed E-state index contributed by atoms with van der Waals surface area (Å²) in [7, 11) is -2.28. The van der Waals surface area contributed by atoms with Crippen molar-refractivity contribution in [2.24, 2.45) is 5.92 Å². The lowest BCUT2D eigenvalue weighted by molar-refractivity contribution is -0.136. The van der Waals surface area contributed by atoms with E-state index >= 15 is 0 Å². The number of nitrogens with zero attached hydrogens (tertiary/aromatic N) is 2. The largest absolute Gasteiger partial charge is 0.495 e. The molecule has 1 aliphatic heterocycles. The molecule has 8 heteroatoms. The van der Waals surface area contributed by atoms with Gasteiger partial charge in [0.15, 0.2) is 0 Å². The maximum atomic E-state index is 13.1.